The molecule has 1 saturated heterocycles. The van der Waals surface area contributed by atoms with Crippen LogP contribution in [0.1, 0.15) is 80.0 Å². The number of para-hydroxylation sites is 1. The van der Waals surface area contributed by atoms with E-state index in [-0.39, 0.29) is 24.4 Å². The van der Waals surface area contributed by atoms with E-state index < -0.39 is 23.2 Å². The van der Waals surface area contributed by atoms with Gasteiger partial charge in [0.05, 0.1) is 18.5 Å². The van der Waals surface area contributed by atoms with Gasteiger partial charge in [0.1, 0.15) is 18.0 Å². The first kappa shape index (κ1) is 27.6. The quantitative estimate of drug-likeness (QED) is 0.398. The lowest BCUT2D eigenvalue weighted by Crippen LogP contribution is -2.62. The van der Waals surface area contributed by atoms with Gasteiger partial charge >= 0.3 is 0 Å². The molecule has 3 atom stereocenters. The number of ether oxygens (including phenoxy) is 2. The van der Waals surface area contributed by atoms with Gasteiger partial charge < -0.3 is 25.2 Å². The number of methoxy groups -OCH3 is 1. The number of nitrogens with one attached hydrogen (secondary N) is 3. The van der Waals surface area contributed by atoms with E-state index in [1.54, 1.807) is 32.2 Å². The molecule has 2 unspecified atom stereocenters. The molecule has 4 rings (SSSR count). The van der Waals surface area contributed by atoms with Crippen LogP contribution >= 0.6 is 0 Å². The number of carbonyl (C=O) groups excluding carboxylic acids is 2. The summed E-state index contributed by atoms with van der Waals surface area (Å²) in [5, 5.41) is 26.0. The molecule has 9 nitrogen and oxygen atoms in total. The highest BCUT2D eigenvalue weighted by atomic mass is 16.5. The fourth-order valence-corrected chi connectivity index (χ4v) is 5.36. The smallest absolute Gasteiger partial charge is 0.251 e. The van der Waals surface area contributed by atoms with Gasteiger partial charge in [-0.1, -0.05) is 44.2 Å². The summed E-state index contributed by atoms with van der Waals surface area (Å²) in [6.07, 6.45) is 2.24. The van der Waals surface area contributed by atoms with Crippen molar-refractivity contribution in [1.29, 1.82) is 5.41 Å². The van der Waals surface area contributed by atoms with Gasteiger partial charge in [0.25, 0.3) is 5.91 Å². The third-order valence-electron chi connectivity index (χ3n) is 7.82. The maximum atomic E-state index is 13.4. The Kier molecular flexibility index (Phi) is 8.08. The van der Waals surface area contributed by atoms with Crippen molar-refractivity contribution < 1.29 is 24.2 Å². The van der Waals surface area contributed by atoms with Crippen LogP contribution in [0.25, 0.3) is 0 Å². The average Bonchev–Trinajstić information content (AvgIpc) is 2.91. The first-order chi connectivity index (χ1) is 18.1. The van der Waals surface area contributed by atoms with E-state index in [2.05, 4.69) is 10.6 Å². The number of hydrogen-bond donors (Lipinski definition) is 4. The molecule has 0 aliphatic carbocycles. The Morgan fingerprint density at radius 3 is 2.68 bits per heavy atom. The van der Waals surface area contributed by atoms with Gasteiger partial charge in [-0.05, 0) is 49.9 Å². The lowest BCUT2D eigenvalue weighted by Gasteiger charge is -2.45. The molecule has 38 heavy (non-hydrogen) atoms. The Morgan fingerprint density at radius 1 is 1.26 bits per heavy atom. The number of rotatable bonds is 9. The summed E-state index contributed by atoms with van der Waals surface area (Å²) in [6.45, 7) is 6.11. The standard InChI is InChI=1S/C29H38N4O5/c1-5-29(6-2)17-24(34)33(27(30)32-29)22(14-15-37-4)19-10-9-11-20(16-19)26(35)31-25-21-12-7-8-13-23(21)38-18-28(25,3)36/h7-13,16,22,25,36H,5-6,14-15,17-18H2,1-4H3,(H2,30,32)(H,31,35)/t22?,25-,28?/m1/s1. The van der Waals surface area contributed by atoms with E-state index in [1.165, 1.54) is 4.90 Å². The SMILES string of the molecule is CCC1(CC)CC(=O)N(C(CCOC)c2cccc(C(=O)N[C@@H]3c4ccccc4OCC3(C)O)c2)C(=N)N1. The Hall–Kier alpha value is -3.43. The predicted molar refractivity (Wildman–Crippen MR) is 144 cm³/mol. The third-order valence-corrected chi connectivity index (χ3v) is 7.82. The Labute approximate surface area is 224 Å². The number of aliphatic hydroxyl groups is 1. The number of fused-ring (bicyclic) bond motifs is 1. The van der Waals surface area contributed by atoms with E-state index in [9.17, 15) is 14.7 Å². The molecule has 0 aromatic heterocycles. The van der Waals surface area contributed by atoms with Gasteiger partial charge in [0, 0.05) is 30.4 Å². The molecule has 1 fully saturated rings. The topological polar surface area (TPSA) is 124 Å². The zero-order valence-corrected chi connectivity index (χ0v) is 22.5. The number of nitrogens with zero attached hydrogens (tertiary/aromatic N) is 1. The lowest BCUT2D eigenvalue weighted by atomic mass is 9.86. The molecule has 0 spiro atoms. The van der Waals surface area contributed by atoms with Gasteiger partial charge in [-0.25, -0.2) is 0 Å². The average molecular weight is 523 g/mol. The minimum absolute atomic E-state index is 0.0529. The van der Waals surface area contributed by atoms with Gasteiger partial charge in [0.15, 0.2) is 5.96 Å². The third kappa shape index (κ3) is 5.39. The summed E-state index contributed by atoms with van der Waals surface area (Å²) in [5.74, 6) is 0.218. The summed E-state index contributed by atoms with van der Waals surface area (Å²) < 4.78 is 11.0. The summed E-state index contributed by atoms with van der Waals surface area (Å²) in [7, 11) is 1.60. The number of guanidine groups is 1. The molecule has 0 radical (unpaired) electrons. The molecule has 0 saturated carbocycles. The minimum Gasteiger partial charge on any atom is -0.490 e. The van der Waals surface area contributed by atoms with Crippen LogP contribution < -0.4 is 15.4 Å². The number of carbonyl (C=O) groups is 2. The molecule has 2 aliphatic heterocycles. The van der Waals surface area contributed by atoms with E-state index >= 15 is 0 Å². The van der Waals surface area contributed by atoms with E-state index in [4.69, 9.17) is 14.9 Å². The van der Waals surface area contributed by atoms with Crippen LogP contribution in [0, 0.1) is 5.41 Å². The number of hydrogen-bond acceptors (Lipinski definition) is 6. The first-order valence-corrected chi connectivity index (χ1v) is 13.2. The molecule has 2 heterocycles. The zero-order chi connectivity index (χ0) is 27.5. The van der Waals surface area contributed by atoms with Crippen LogP contribution in [0.3, 0.4) is 0 Å². The Balaban J connectivity index is 1.61. The summed E-state index contributed by atoms with van der Waals surface area (Å²) in [4.78, 5) is 28.3. The van der Waals surface area contributed by atoms with Gasteiger partial charge in [0.2, 0.25) is 5.91 Å². The first-order valence-electron chi connectivity index (χ1n) is 13.2. The van der Waals surface area contributed by atoms with Crippen LogP contribution in [0.2, 0.25) is 0 Å². The molecule has 0 bridgehead atoms. The monoisotopic (exact) mass is 522 g/mol. The van der Waals surface area contributed by atoms with Crippen molar-refractivity contribution in [2.75, 3.05) is 20.3 Å². The van der Waals surface area contributed by atoms with Crippen LogP contribution in [0.5, 0.6) is 5.75 Å². The lowest BCUT2D eigenvalue weighted by molar-refractivity contribution is -0.133. The molecule has 2 aromatic rings. The highest BCUT2D eigenvalue weighted by molar-refractivity contribution is 6.00. The number of benzene rings is 2. The van der Waals surface area contributed by atoms with Gasteiger partial charge in [-0.3, -0.25) is 19.9 Å². The molecule has 9 heteroatoms. The van der Waals surface area contributed by atoms with Crippen LogP contribution in [-0.2, 0) is 9.53 Å². The van der Waals surface area contributed by atoms with Crippen molar-refractivity contribution in [3.8, 4) is 5.75 Å². The van der Waals surface area contributed by atoms with E-state index in [0.29, 0.717) is 36.3 Å². The van der Waals surface area contributed by atoms with Crippen molar-refractivity contribution in [2.24, 2.45) is 0 Å². The molecule has 2 aromatic carbocycles. The second kappa shape index (κ2) is 11.1. The van der Waals surface area contributed by atoms with E-state index in [1.807, 2.05) is 44.2 Å². The fourth-order valence-electron chi connectivity index (χ4n) is 5.36. The molecular formula is C29H38N4O5. The van der Waals surface area contributed by atoms with Crippen molar-refractivity contribution in [1.82, 2.24) is 15.5 Å². The summed E-state index contributed by atoms with van der Waals surface area (Å²) in [6, 6.07) is 13.3. The Bertz CT molecular complexity index is 1170. The number of amides is 2. The minimum atomic E-state index is -1.30. The Morgan fingerprint density at radius 2 is 2.00 bits per heavy atom. The van der Waals surface area contributed by atoms with Crippen LogP contribution in [0.4, 0.5) is 0 Å². The normalized spacial score (nSPS) is 23.2. The molecule has 204 valence electrons. The fraction of sp³-hybridized carbons (Fsp3) is 0.483. The summed E-state index contributed by atoms with van der Waals surface area (Å²) in [5.41, 5.74) is 0.114. The van der Waals surface area contributed by atoms with Crippen molar-refractivity contribution in [2.45, 2.75) is 69.7 Å². The molecule has 2 amide bonds. The highest BCUT2D eigenvalue weighted by Gasteiger charge is 2.43. The zero-order valence-electron chi connectivity index (χ0n) is 22.5. The predicted octanol–water partition coefficient (Wildman–Crippen LogP) is 3.69. The van der Waals surface area contributed by atoms with Gasteiger partial charge in [-0.15, -0.1) is 0 Å². The summed E-state index contributed by atoms with van der Waals surface area (Å²) >= 11 is 0. The second-order valence-corrected chi connectivity index (χ2v) is 10.4. The molecule has 2 aliphatic rings. The second-order valence-electron chi connectivity index (χ2n) is 10.4. The van der Waals surface area contributed by atoms with Gasteiger partial charge in [-0.2, -0.15) is 0 Å². The van der Waals surface area contributed by atoms with Crippen LogP contribution in [-0.4, -0.2) is 59.2 Å². The van der Waals surface area contributed by atoms with E-state index in [0.717, 1.165) is 18.4 Å². The maximum Gasteiger partial charge on any atom is 0.251 e. The highest BCUT2D eigenvalue weighted by Crippen LogP contribution is 2.38. The van der Waals surface area contributed by atoms with Crippen molar-refractivity contribution >= 4 is 17.8 Å². The largest absolute Gasteiger partial charge is 0.490 e. The molecule has 4 N–H and O–H groups in total. The van der Waals surface area contributed by atoms with Crippen LogP contribution in [0.15, 0.2) is 48.5 Å². The molecular weight excluding hydrogens is 484 g/mol. The maximum absolute atomic E-state index is 13.4. The van der Waals surface area contributed by atoms with Crippen molar-refractivity contribution in [3.05, 3.63) is 65.2 Å². The van der Waals surface area contributed by atoms with Crippen molar-refractivity contribution in [3.63, 3.8) is 0 Å².